The lowest BCUT2D eigenvalue weighted by Crippen LogP contribution is -2.29. The summed E-state index contributed by atoms with van der Waals surface area (Å²) in [6.07, 6.45) is 1.93. The average molecular weight is 1060 g/mol. The van der Waals surface area contributed by atoms with Crippen LogP contribution in [0.15, 0.2) is 285 Å². The predicted octanol–water partition coefficient (Wildman–Crippen LogP) is 19.9. The maximum atomic E-state index is 7.15. The van der Waals surface area contributed by atoms with E-state index in [0.29, 0.717) is 6.67 Å². The van der Waals surface area contributed by atoms with E-state index in [1.807, 2.05) is 6.20 Å². The van der Waals surface area contributed by atoms with Crippen LogP contribution in [0.4, 0.5) is 22.7 Å². The van der Waals surface area contributed by atoms with Gasteiger partial charge in [0, 0.05) is 45.9 Å². The number of benzene rings is 11. The smallest absolute Gasteiger partial charge is 0.137 e. The first-order valence-electron chi connectivity index (χ1n) is 28.4. The van der Waals surface area contributed by atoms with Crippen LogP contribution in [0.1, 0.15) is 48.6 Å². The van der Waals surface area contributed by atoms with Crippen LogP contribution >= 0.6 is 0 Å². The summed E-state index contributed by atoms with van der Waals surface area (Å²) in [5.74, 6) is 2.36. The summed E-state index contributed by atoms with van der Waals surface area (Å²) in [5.41, 5.74) is 21.4. The molecule has 5 nitrogen and oxygen atoms in total. The van der Waals surface area contributed by atoms with Gasteiger partial charge in [-0.1, -0.05) is 221 Å². The summed E-state index contributed by atoms with van der Waals surface area (Å²) in [6, 6.07) is 102. The minimum Gasteiger partial charge on any atom is -0.457 e. The Balaban J connectivity index is 0.909. The Morgan fingerprint density at radius 2 is 0.951 bits per heavy atom. The van der Waals surface area contributed by atoms with Gasteiger partial charge in [0.1, 0.15) is 24.0 Å². The zero-order valence-electron chi connectivity index (χ0n) is 46.0. The monoisotopic (exact) mass is 1050 g/mol. The molecule has 0 spiro atoms. The van der Waals surface area contributed by atoms with Crippen molar-refractivity contribution in [3.8, 4) is 61.8 Å². The normalized spacial score (nSPS) is 13.3. The fourth-order valence-electron chi connectivity index (χ4n) is 13.2. The highest BCUT2D eigenvalue weighted by atomic mass is 16.5. The zero-order valence-corrected chi connectivity index (χ0v) is 46.0. The van der Waals surface area contributed by atoms with E-state index in [4.69, 9.17) is 9.72 Å². The summed E-state index contributed by atoms with van der Waals surface area (Å²) in [7, 11) is 0. The molecule has 2 aliphatic rings. The standard InChI is InChI=1S/C77H58N4O/c1-76(2,3)57-42-43-78-74(48-57)81-70-37-21-18-34-64(70)65-41-40-60(50-73(65)81)82-61-45-55(52-24-8-4-9-25-52)44-59(49-61)79-51-80(72-39-23-22-38-71(72)79)75-66(53-26-10-5-11-27-53)46-58(47-67(75)54-28-12-6-13-29-54)77(56-30-14-7-15-31-56)68-35-19-16-32-62(68)63-33-17-20-36-69(63)77/h4-50H,51H2,1-3H3. The summed E-state index contributed by atoms with van der Waals surface area (Å²) in [5, 5.41) is 2.31. The van der Waals surface area contributed by atoms with Crippen molar-refractivity contribution in [3.05, 3.63) is 313 Å². The van der Waals surface area contributed by atoms with Gasteiger partial charge in [0.2, 0.25) is 0 Å². The maximum absolute atomic E-state index is 7.15. The van der Waals surface area contributed by atoms with E-state index >= 15 is 0 Å². The number of ether oxygens (including phenoxy) is 1. The molecule has 0 amide bonds. The van der Waals surface area contributed by atoms with Crippen molar-refractivity contribution in [2.24, 2.45) is 0 Å². The van der Waals surface area contributed by atoms with E-state index < -0.39 is 5.41 Å². The molecule has 5 heteroatoms. The third-order valence-corrected chi connectivity index (χ3v) is 16.9. The first-order chi connectivity index (χ1) is 40.3. The summed E-state index contributed by atoms with van der Waals surface area (Å²) >= 11 is 0. The van der Waals surface area contributed by atoms with E-state index in [2.05, 4.69) is 314 Å². The van der Waals surface area contributed by atoms with Gasteiger partial charge in [-0.25, -0.2) is 4.98 Å². The second-order valence-corrected chi connectivity index (χ2v) is 22.7. The number of hydrogen-bond donors (Lipinski definition) is 0. The molecule has 0 unspecified atom stereocenters. The highest BCUT2D eigenvalue weighted by molar-refractivity contribution is 6.09. The molecule has 0 bridgehead atoms. The molecule has 392 valence electrons. The van der Waals surface area contributed by atoms with Crippen LogP contribution in [0.25, 0.3) is 72.1 Å². The first kappa shape index (κ1) is 48.9. The van der Waals surface area contributed by atoms with Crippen LogP contribution in [0, 0.1) is 0 Å². The van der Waals surface area contributed by atoms with E-state index in [9.17, 15) is 0 Å². The highest BCUT2D eigenvalue weighted by Gasteiger charge is 2.47. The Morgan fingerprint density at radius 3 is 1.60 bits per heavy atom. The van der Waals surface area contributed by atoms with Crippen molar-refractivity contribution >= 4 is 44.6 Å². The quantitative estimate of drug-likeness (QED) is 0.137. The van der Waals surface area contributed by atoms with Crippen molar-refractivity contribution in [2.45, 2.75) is 31.6 Å². The third-order valence-electron chi connectivity index (χ3n) is 16.9. The Labute approximate surface area is 479 Å². The van der Waals surface area contributed by atoms with Crippen LogP contribution in [-0.4, -0.2) is 16.2 Å². The summed E-state index contributed by atoms with van der Waals surface area (Å²) in [6.45, 7) is 7.28. The minimum atomic E-state index is -0.613. The largest absolute Gasteiger partial charge is 0.457 e. The molecule has 0 fully saturated rings. The highest BCUT2D eigenvalue weighted by Crippen LogP contribution is 2.59. The van der Waals surface area contributed by atoms with Gasteiger partial charge in [-0.3, -0.25) is 4.57 Å². The van der Waals surface area contributed by atoms with Gasteiger partial charge >= 0.3 is 0 Å². The number of pyridine rings is 1. The predicted molar refractivity (Wildman–Crippen MR) is 339 cm³/mol. The molecule has 0 N–H and O–H groups in total. The van der Waals surface area contributed by atoms with Crippen LogP contribution in [0.2, 0.25) is 0 Å². The lowest BCUT2D eigenvalue weighted by Gasteiger charge is -2.36. The fraction of sp³-hybridized carbons (Fsp3) is 0.0779. The van der Waals surface area contributed by atoms with Gasteiger partial charge in [0.15, 0.2) is 0 Å². The molecule has 2 aromatic heterocycles. The van der Waals surface area contributed by atoms with Crippen LogP contribution in [-0.2, 0) is 10.8 Å². The molecule has 3 heterocycles. The molecule has 11 aromatic carbocycles. The number of nitrogens with zero attached hydrogens (tertiary/aromatic N) is 4. The molecule has 0 saturated carbocycles. The van der Waals surface area contributed by atoms with Crippen LogP contribution in [0.5, 0.6) is 11.5 Å². The second-order valence-electron chi connectivity index (χ2n) is 22.7. The van der Waals surface area contributed by atoms with Gasteiger partial charge in [0.05, 0.1) is 33.5 Å². The number of para-hydroxylation sites is 3. The van der Waals surface area contributed by atoms with Crippen molar-refractivity contribution in [1.29, 1.82) is 0 Å². The molecule has 13 aromatic rings. The van der Waals surface area contributed by atoms with E-state index in [-0.39, 0.29) is 5.41 Å². The molecule has 0 saturated heterocycles. The molecule has 82 heavy (non-hydrogen) atoms. The number of anilines is 4. The van der Waals surface area contributed by atoms with Gasteiger partial charge in [-0.15, -0.1) is 0 Å². The van der Waals surface area contributed by atoms with E-state index in [1.54, 1.807) is 0 Å². The van der Waals surface area contributed by atoms with Gasteiger partial charge < -0.3 is 14.5 Å². The van der Waals surface area contributed by atoms with Crippen LogP contribution < -0.4 is 14.5 Å². The SMILES string of the molecule is CC(C)(C)c1ccnc(-n2c3ccccc3c3ccc(Oc4cc(-c5ccccc5)cc(N5CN(c6c(-c7ccccc7)cc(C7(c8ccccc8)c8ccccc8-c8ccccc87)cc6-c6ccccc6)c6ccccc65)c4)cc32)c1. The lowest BCUT2D eigenvalue weighted by atomic mass is 9.66. The molecule has 0 atom stereocenters. The summed E-state index contributed by atoms with van der Waals surface area (Å²) < 4.78 is 9.43. The van der Waals surface area contributed by atoms with Crippen LogP contribution in [0.3, 0.4) is 0 Å². The van der Waals surface area contributed by atoms with Gasteiger partial charge in [-0.05, 0) is 133 Å². The zero-order chi connectivity index (χ0) is 54.9. The molecule has 1 aliphatic heterocycles. The number of aromatic nitrogens is 2. The first-order valence-corrected chi connectivity index (χ1v) is 28.4. The molecular formula is C77H58N4O. The third kappa shape index (κ3) is 8.03. The number of fused-ring (bicyclic) bond motifs is 7. The number of rotatable bonds is 10. The average Bonchev–Trinajstić information content (AvgIpc) is 3.83. The Hall–Kier alpha value is -10.2. The molecule has 15 rings (SSSR count). The Kier molecular flexibility index (Phi) is 11.6. The van der Waals surface area contributed by atoms with E-state index in [0.717, 1.165) is 89.9 Å². The molecule has 0 radical (unpaired) electrons. The van der Waals surface area contributed by atoms with Crippen molar-refractivity contribution in [1.82, 2.24) is 9.55 Å². The summed E-state index contributed by atoms with van der Waals surface area (Å²) in [4.78, 5) is 9.97. The Morgan fingerprint density at radius 1 is 0.402 bits per heavy atom. The van der Waals surface area contributed by atoms with Crippen molar-refractivity contribution in [2.75, 3.05) is 16.5 Å². The molecular weight excluding hydrogens is 997 g/mol. The lowest BCUT2D eigenvalue weighted by molar-refractivity contribution is 0.483. The second kappa shape index (κ2) is 19.5. The van der Waals surface area contributed by atoms with Crippen molar-refractivity contribution in [3.63, 3.8) is 0 Å². The minimum absolute atomic E-state index is 0.0415. The fourth-order valence-corrected chi connectivity index (χ4v) is 13.2. The van der Waals surface area contributed by atoms with Gasteiger partial charge in [0.25, 0.3) is 0 Å². The van der Waals surface area contributed by atoms with E-state index in [1.165, 1.54) is 44.3 Å². The molecule has 1 aliphatic carbocycles. The van der Waals surface area contributed by atoms with Crippen molar-refractivity contribution < 1.29 is 4.74 Å². The maximum Gasteiger partial charge on any atom is 0.137 e. The number of hydrogen-bond acceptors (Lipinski definition) is 4. The van der Waals surface area contributed by atoms with Gasteiger partial charge in [-0.2, -0.15) is 0 Å². The Bertz CT molecular complexity index is 4460. The topological polar surface area (TPSA) is 33.5 Å².